The molecule has 0 aliphatic carbocycles. The number of hydrogen-bond donors (Lipinski definition) is 2. The molecule has 27 heavy (non-hydrogen) atoms. The Morgan fingerprint density at radius 2 is 1.67 bits per heavy atom. The lowest BCUT2D eigenvalue weighted by atomic mass is 10.1. The van der Waals surface area contributed by atoms with Gasteiger partial charge < -0.3 is 10.6 Å². The number of sulfone groups is 1. The van der Waals surface area contributed by atoms with Crippen molar-refractivity contribution in [1.82, 2.24) is 10.6 Å². The third kappa shape index (κ3) is 5.10. The van der Waals surface area contributed by atoms with E-state index in [1.807, 2.05) is 0 Å². The smallest absolute Gasteiger partial charge is 0.251 e. The van der Waals surface area contributed by atoms with Gasteiger partial charge in [0.1, 0.15) is 5.75 Å². The molecular weight excluding hydrogens is 378 g/mol. The van der Waals surface area contributed by atoms with E-state index in [1.165, 1.54) is 37.4 Å². The quantitative estimate of drug-likeness (QED) is 0.781. The van der Waals surface area contributed by atoms with Crippen molar-refractivity contribution in [3.05, 3.63) is 65.2 Å². The fourth-order valence-corrected chi connectivity index (χ4v) is 3.49. The molecule has 144 valence electrons. The lowest BCUT2D eigenvalue weighted by Gasteiger charge is -2.15. The molecule has 0 unspecified atom stereocenters. The number of halogens is 2. The van der Waals surface area contributed by atoms with Crippen LogP contribution >= 0.6 is 0 Å². The molecule has 2 N–H and O–H groups in total. The second-order valence-corrected chi connectivity index (χ2v) is 7.81. The normalized spacial score (nSPS) is 12.3. The molecule has 0 bridgehead atoms. The first-order valence-electron chi connectivity index (χ1n) is 7.93. The average Bonchev–Trinajstić information content (AvgIpc) is 2.63. The Balaban J connectivity index is 2.11. The first-order chi connectivity index (χ1) is 12.6. The highest BCUT2D eigenvalue weighted by molar-refractivity contribution is 7.92. The molecule has 0 spiro atoms. The maximum atomic E-state index is 13.3. The Hall–Kier alpha value is -2.81. The van der Waals surface area contributed by atoms with Gasteiger partial charge >= 0.3 is 0 Å². The molecule has 0 aliphatic rings. The van der Waals surface area contributed by atoms with Gasteiger partial charge in [0.2, 0.25) is 5.91 Å². The summed E-state index contributed by atoms with van der Waals surface area (Å²) in [6.45, 7) is 1.60. The van der Waals surface area contributed by atoms with E-state index in [9.17, 15) is 26.8 Å². The zero-order chi connectivity index (χ0) is 20.2. The van der Waals surface area contributed by atoms with Crippen molar-refractivity contribution >= 4 is 21.7 Å². The van der Waals surface area contributed by atoms with Crippen molar-refractivity contribution in [2.45, 2.75) is 17.9 Å². The monoisotopic (exact) mass is 396 g/mol. The van der Waals surface area contributed by atoms with E-state index in [-0.39, 0.29) is 10.5 Å². The summed E-state index contributed by atoms with van der Waals surface area (Å²) in [6.07, 6.45) is 0. The molecular formula is C18H18F2N2O4S. The molecule has 0 aromatic heterocycles. The molecule has 2 aromatic carbocycles. The van der Waals surface area contributed by atoms with Crippen molar-refractivity contribution in [3.8, 4) is 0 Å². The van der Waals surface area contributed by atoms with Crippen LogP contribution in [0.4, 0.5) is 8.78 Å². The molecule has 2 aromatic rings. The number of carbonyl (C=O) groups excluding carboxylic acids is 2. The summed E-state index contributed by atoms with van der Waals surface area (Å²) in [4.78, 5) is 23.5. The topological polar surface area (TPSA) is 92.3 Å². The van der Waals surface area contributed by atoms with Gasteiger partial charge in [0, 0.05) is 12.6 Å². The van der Waals surface area contributed by atoms with Crippen LogP contribution < -0.4 is 10.6 Å². The van der Waals surface area contributed by atoms with Crippen molar-refractivity contribution < 1.29 is 26.8 Å². The zero-order valence-electron chi connectivity index (χ0n) is 14.6. The molecule has 0 saturated carbocycles. The predicted octanol–water partition coefficient (Wildman–Crippen LogP) is 1.98. The third-order valence-corrected chi connectivity index (χ3v) is 5.50. The van der Waals surface area contributed by atoms with Crippen molar-refractivity contribution in [2.75, 3.05) is 12.8 Å². The van der Waals surface area contributed by atoms with E-state index in [4.69, 9.17) is 0 Å². The molecule has 2 amide bonds. The largest absolute Gasteiger partial charge is 0.358 e. The second-order valence-electron chi connectivity index (χ2n) is 5.83. The highest BCUT2D eigenvalue weighted by Crippen LogP contribution is 2.17. The van der Waals surface area contributed by atoms with Crippen LogP contribution in [0.1, 0.15) is 28.9 Å². The lowest BCUT2D eigenvalue weighted by Crippen LogP contribution is -2.27. The van der Waals surface area contributed by atoms with Crippen molar-refractivity contribution in [1.29, 1.82) is 0 Å². The van der Waals surface area contributed by atoms with E-state index in [2.05, 4.69) is 10.6 Å². The third-order valence-electron chi connectivity index (χ3n) is 3.87. The molecule has 9 heteroatoms. The molecule has 0 aliphatic heterocycles. The predicted molar refractivity (Wildman–Crippen MR) is 94.8 cm³/mol. The van der Waals surface area contributed by atoms with Gasteiger partial charge in [-0.1, -0.05) is 6.07 Å². The van der Waals surface area contributed by atoms with E-state index in [0.717, 1.165) is 12.1 Å². The second kappa shape index (κ2) is 8.26. The van der Waals surface area contributed by atoms with Crippen LogP contribution in [0.25, 0.3) is 0 Å². The summed E-state index contributed by atoms with van der Waals surface area (Å²) >= 11 is 0. The Morgan fingerprint density at radius 3 is 2.22 bits per heavy atom. The Labute approximate surface area is 155 Å². The number of carbonyl (C=O) groups is 2. The fraction of sp³-hybridized carbons (Fsp3) is 0.222. The Bertz CT molecular complexity index is 960. The van der Waals surface area contributed by atoms with Crippen LogP contribution in [0.2, 0.25) is 0 Å². The van der Waals surface area contributed by atoms with E-state index in [0.29, 0.717) is 5.56 Å². The summed E-state index contributed by atoms with van der Waals surface area (Å²) in [7, 11) is -2.48. The van der Waals surface area contributed by atoms with Gasteiger partial charge in [-0.3, -0.25) is 9.59 Å². The van der Waals surface area contributed by atoms with E-state index in [1.54, 1.807) is 6.92 Å². The van der Waals surface area contributed by atoms with Crippen molar-refractivity contribution in [3.63, 3.8) is 0 Å². The van der Waals surface area contributed by atoms with Gasteiger partial charge in [-0.25, -0.2) is 17.2 Å². The zero-order valence-corrected chi connectivity index (χ0v) is 15.4. The summed E-state index contributed by atoms with van der Waals surface area (Å²) in [5.74, 6) is -3.84. The summed E-state index contributed by atoms with van der Waals surface area (Å²) in [5.41, 5.74) is 0.565. The SMILES string of the molecule is CNC(=O)CS(=O)(=O)c1ccc(C(=O)N[C@@H](C)c2ccc(F)c(F)c2)cc1. The number of nitrogens with one attached hydrogen (secondary N) is 2. The summed E-state index contributed by atoms with van der Waals surface area (Å²) < 4.78 is 50.4. The number of hydrogen-bond acceptors (Lipinski definition) is 4. The van der Waals surface area contributed by atoms with E-state index >= 15 is 0 Å². The van der Waals surface area contributed by atoms with Crippen molar-refractivity contribution in [2.24, 2.45) is 0 Å². The molecule has 0 radical (unpaired) electrons. The van der Waals surface area contributed by atoms with Gasteiger partial charge in [-0.15, -0.1) is 0 Å². The standard InChI is InChI=1S/C18H18F2N2O4S/c1-11(13-5-8-15(19)16(20)9-13)22-18(24)12-3-6-14(7-4-12)27(25,26)10-17(23)21-2/h3-9,11H,10H2,1-2H3,(H,21,23)(H,22,24)/t11-/m0/s1. The Kier molecular flexibility index (Phi) is 6.27. The van der Waals surface area contributed by atoms with Crippen LogP contribution in [0.15, 0.2) is 47.4 Å². The molecule has 1 atom stereocenters. The number of benzene rings is 2. The van der Waals surface area contributed by atoms with Gasteiger partial charge in [-0.2, -0.15) is 0 Å². The number of amides is 2. The van der Waals surface area contributed by atoms with Crippen LogP contribution in [0.3, 0.4) is 0 Å². The first-order valence-corrected chi connectivity index (χ1v) is 9.58. The Morgan fingerprint density at radius 1 is 1.04 bits per heavy atom. The van der Waals surface area contributed by atoms with Gasteiger partial charge in [0.25, 0.3) is 5.91 Å². The first kappa shape index (κ1) is 20.5. The minimum absolute atomic E-state index is 0.0868. The van der Waals surface area contributed by atoms with Crippen LogP contribution in [0, 0.1) is 11.6 Å². The lowest BCUT2D eigenvalue weighted by molar-refractivity contribution is -0.118. The highest BCUT2D eigenvalue weighted by atomic mass is 32.2. The van der Waals surface area contributed by atoms with Crippen LogP contribution in [-0.4, -0.2) is 33.0 Å². The maximum absolute atomic E-state index is 13.3. The molecule has 0 heterocycles. The maximum Gasteiger partial charge on any atom is 0.251 e. The molecule has 0 saturated heterocycles. The van der Waals surface area contributed by atoms with Gasteiger partial charge in [0.05, 0.1) is 10.9 Å². The fourth-order valence-electron chi connectivity index (χ4n) is 2.29. The van der Waals surface area contributed by atoms with Crippen LogP contribution in [0.5, 0.6) is 0 Å². The minimum atomic E-state index is -3.81. The van der Waals surface area contributed by atoms with Gasteiger partial charge in [-0.05, 0) is 48.9 Å². The number of rotatable bonds is 6. The molecule has 0 fully saturated rings. The van der Waals surface area contributed by atoms with Gasteiger partial charge in [0.15, 0.2) is 21.5 Å². The molecule has 2 rings (SSSR count). The van der Waals surface area contributed by atoms with E-state index < -0.39 is 45.1 Å². The highest BCUT2D eigenvalue weighted by Gasteiger charge is 2.19. The van der Waals surface area contributed by atoms with Crippen LogP contribution in [-0.2, 0) is 14.6 Å². The summed E-state index contributed by atoms with van der Waals surface area (Å²) in [6, 6.07) is 7.81. The average molecular weight is 396 g/mol. The minimum Gasteiger partial charge on any atom is -0.358 e. The molecule has 6 nitrogen and oxygen atoms in total. The summed E-state index contributed by atoms with van der Waals surface area (Å²) in [5, 5.41) is 4.85.